The number of nitrogens with zero attached hydrogens (tertiary/aromatic N) is 2. The Hall–Kier alpha value is -2.77. The lowest BCUT2D eigenvalue weighted by Gasteiger charge is -2.17. The number of sulfonamides is 1. The minimum absolute atomic E-state index is 0.0805. The van der Waals surface area contributed by atoms with E-state index < -0.39 is 55.5 Å². The van der Waals surface area contributed by atoms with Gasteiger partial charge in [-0.05, 0) is 18.2 Å². The zero-order chi connectivity index (χ0) is 23.2. The highest BCUT2D eigenvalue weighted by Crippen LogP contribution is 2.29. The van der Waals surface area contributed by atoms with Gasteiger partial charge in [0.25, 0.3) is 5.69 Å². The molecule has 2 rings (SSSR count). The number of methoxy groups -OCH3 is 1. The number of nitro benzene ring substituents is 1. The van der Waals surface area contributed by atoms with Crippen LogP contribution >= 0.6 is 11.8 Å². The molecular formula is C18H18F2N2O7S2. The van der Waals surface area contributed by atoms with Gasteiger partial charge in [-0.3, -0.25) is 10.1 Å². The van der Waals surface area contributed by atoms with Crippen LogP contribution in [0.25, 0.3) is 0 Å². The topological polar surface area (TPSA) is 116 Å². The van der Waals surface area contributed by atoms with Gasteiger partial charge < -0.3 is 9.47 Å². The molecule has 0 atom stereocenters. The monoisotopic (exact) mass is 476 g/mol. The van der Waals surface area contributed by atoms with Crippen molar-refractivity contribution in [3.05, 3.63) is 58.1 Å². The highest BCUT2D eigenvalue weighted by atomic mass is 32.2. The fraction of sp³-hybridized carbons (Fsp3) is 0.278. The van der Waals surface area contributed by atoms with Crippen molar-refractivity contribution in [2.75, 3.05) is 33.1 Å². The average Bonchev–Trinajstić information content (AvgIpc) is 2.72. The first kappa shape index (κ1) is 24.5. The van der Waals surface area contributed by atoms with Gasteiger partial charge in [0.15, 0.2) is 28.9 Å². The molecule has 0 heterocycles. The molecule has 0 unspecified atom stereocenters. The van der Waals surface area contributed by atoms with Crippen LogP contribution in [0.1, 0.15) is 0 Å². The van der Waals surface area contributed by atoms with Gasteiger partial charge in [0, 0.05) is 30.3 Å². The van der Waals surface area contributed by atoms with E-state index in [9.17, 15) is 32.1 Å². The van der Waals surface area contributed by atoms with Crippen LogP contribution in [0.4, 0.5) is 14.5 Å². The predicted molar refractivity (Wildman–Crippen MR) is 108 cm³/mol. The molecule has 2 aromatic rings. The molecule has 0 bridgehead atoms. The third-order valence-electron chi connectivity index (χ3n) is 3.96. The van der Waals surface area contributed by atoms with Crippen molar-refractivity contribution < 1.29 is 36.4 Å². The number of hydrogen-bond acceptors (Lipinski definition) is 8. The molecule has 168 valence electrons. The van der Waals surface area contributed by atoms with Crippen LogP contribution in [0.15, 0.2) is 46.2 Å². The van der Waals surface area contributed by atoms with E-state index in [0.29, 0.717) is 0 Å². The second kappa shape index (κ2) is 10.5. The zero-order valence-electron chi connectivity index (χ0n) is 16.4. The van der Waals surface area contributed by atoms with Crippen LogP contribution in [0.5, 0.6) is 5.75 Å². The molecule has 0 N–H and O–H groups in total. The average molecular weight is 476 g/mol. The van der Waals surface area contributed by atoms with Crippen molar-refractivity contribution in [2.45, 2.75) is 9.79 Å². The summed E-state index contributed by atoms with van der Waals surface area (Å²) in [5.74, 6) is -3.50. The van der Waals surface area contributed by atoms with Crippen LogP contribution in [-0.2, 0) is 19.6 Å². The molecular weight excluding hydrogens is 458 g/mol. The Kier molecular flexibility index (Phi) is 8.30. The Bertz CT molecular complexity index is 1060. The number of nitro groups is 1. The maximum absolute atomic E-state index is 14.1. The lowest BCUT2D eigenvalue weighted by Crippen LogP contribution is -2.29. The molecule has 0 radical (unpaired) electrons. The van der Waals surface area contributed by atoms with Crippen LogP contribution in [-0.4, -0.2) is 56.7 Å². The fourth-order valence-electron chi connectivity index (χ4n) is 2.35. The van der Waals surface area contributed by atoms with Crippen LogP contribution in [0.2, 0.25) is 0 Å². The largest absolute Gasteiger partial charge is 0.476 e. The van der Waals surface area contributed by atoms with E-state index in [1.807, 2.05) is 0 Å². The number of rotatable bonds is 10. The first-order valence-electron chi connectivity index (χ1n) is 8.59. The lowest BCUT2D eigenvalue weighted by atomic mass is 10.3. The SMILES string of the molecule is COC(=O)COc1c(F)cc(SCCN(C)S(=O)(=O)c2ccccc2[N+](=O)[O-])cc1F. The van der Waals surface area contributed by atoms with Crippen LogP contribution < -0.4 is 4.74 Å². The standard InChI is InChI=1S/C18H18F2N2O7S2/c1-21(31(26,27)16-6-4-3-5-15(16)22(24)25)7-8-30-12-9-13(19)18(14(20)10-12)29-11-17(23)28-2/h3-6,9-10H,7-8,11H2,1-2H3. The normalized spacial score (nSPS) is 11.4. The van der Waals surface area contributed by atoms with Gasteiger partial charge in [-0.15, -0.1) is 11.8 Å². The van der Waals surface area contributed by atoms with Crippen LogP contribution in [0, 0.1) is 21.7 Å². The first-order chi connectivity index (χ1) is 14.6. The molecule has 0 spiro atoms. The van der Waals surface area contributed by atoms with Gasteiger partial charge in [-0.25, -0.2) is 22.0 Å². The number of carbonyl (C=O) groups excluding carboxylic acids is 1. The molecule has 0 amide bonds. The Morgan fingerprint density at radius 2 is 1.84 bits per heavy atom. The van der Waals surface area contributed by atoms with Gasteiger partial charge in [-0.1, -0.05) is 12.1 Å². The van der Waals surface area contributed by atoms with E-state index in [1.165, 1.54) is 19.2 Å². The van der Waals surface area contributed by atoms with Crippen molar-refractivity contribution in [2.24, 2.45) is 0 Å². The highest BCUT2D eigenvalue weighted by Gasteiger charge is 2.28. The molecule has 0 aliphatic carbocycles. The minimum atomic E-state index is -4.14. The van der Waals surface area contributed by atoms with Gasteiger partial charge in [-0.2, -0.15) is 4.31 Å². The summed E-state index contributed by atoms with van der Waals surface area (Å²) >= 11 is 0.969. The molecule has 13 heteroatoms. The van der Waals surface area contributed by atoms with Gasteiger partial charge >= 0.3 is 5.97 Å². The van der Waals surface area contributed by atoms with E-state index in [0.717, 1.165) is 47.4 Å². The lowest BCUT2D eigenvalue weighted by molar-refractivity contribution is -0.387. The Morgan fingerprint density at radius 1 is 1.23 bits per heavy atom. The number of ether oxygens (including phenoxy) is 2. The number of thioether (sulfide) groups is 1. The number of carbonyl (C=O) groups is 1. The molecule has 0 saturated carbocycles. The van der Waals surface area contributed by atoms with E-state index in [2.05, 4.69) is 4.74 Å². The molecule has 0 aliphatic heterocycles. The molecule has 2 aromatic carbocycles. The van der Waals surface area contributed by atoms with Crippen molar-refractivity contribution >= 4 is 33.4 Å². The number of benzene rings is 2. The van der Waals surface area contributed by atoms with Gasteiger partial charge in [0.2, 0.25) is 10.0 Å². The summed E-state index contributed by atoms with van der Waals surface area (Å²) in [6.45, 7) is -0.742. The van der Waals surface area contributed by atoms with E-state index in [1.54, 1.807) is 0 Å². The molecule has 0 aliphatic rings. The van der Waals surface area contributed by atoms with E-state index in [4.69, 9.17) is 4.74 Å². The second-order valence-electron chi connectivity index (χ2n) is 5.98. The van der Waals surface area contributed by atoms with Crippen molar-refractivity contribution in [3.8, 4) is 5.75 Å². The zero-order valence-corrected chi connectivity index (χ0v) is 18.0. The second-order valence-corrected chi connectivity index (χ2v) is 9.16. The summed E-state index contributed by atoms with van der Waals surface area (Å²) in [4.78, 5) is 21.1. The summed E-state index contributed by atoms with van der Waals surface area (Å²) in [7, 11) is -1.79. The smallest absolute Gasteiger partial charge is 0.343 e. The fourth-order valence-corrected chi connectivity index (χ4v) is 4.77. The molecule has 0 aromatic heterocycles. The Morgan fingerprint density at radius 3 is 2.42 bits per heavy atom. The number of esters is 1. The van der Waals surface area contributed by atoms with Gasteiger partial charge in [0.05, 0.1) is 12.0 Å². The van der Waals surface area contributed by atoms with E-state index >= 15 is 0 Å². The minimum Gasteiger partial charge on any atom is -0.476 e. The molecule has 9 nitrogen and oxygen atoms in total. The Balaban J connectivity index is 2.05. The number of para-hydroxylation sites is 1. The quantitative estimate of drug-likeness (QED) is 0.222. The van der Waals surface area contributed by atoms with Crippen LogP contribution in [0.3, 0.4) is 0 Å². The van der Waals surface area contributed by atoms with Crippen molar-refractivity contribution in [3.63, 3.8) is 0 Å². The van der Waals surface area contributed by atoms with Crippen molar-refractivity contribution in [1.82, 2.24) is 4.31 Å². The summed E-state index contributed by atoms with van der Waals surface area (Å²) in [6.07, 6.45) is 0. The first-order valence-corrected chi connectivity index (χ1v) is 11.0. The third-order valence-corrected chi connectivity index (χ3v) is 6.82. The molecule has 31 heavy (non-hydrogen) atoms. The maximum Gasteiger partial charge on any atom is 0.343 e. The van der Waals surface area contributed by atoms with Gasteiger partial charge in [0.1, 0.15) is 0 Å². The Labute approximate surface area is 181 Å². The summed E-state index contributed by atoms with van der Waals surface area (Å²) in [5.41, 5.74) is -0.548. The maximum atomic E-state index is 14.1. The number of hydrogen-bond donors (Lipinski definition) is 0. The summed E-state index contributed by atoms with van der Waals surface area (Å²) in [5, 5.41) is 11.1. The van der Waals surface area contributed by atoms with E-state index in [-0.39, 0.29) is 17.2 Å². The molecule has 0 fully saturated rings. The third kappa shape index (κ3) is 6.12. The summed E-state index contributed by atoms with van der Waals surface area (Å²) < 4.78 is 63.5. The summed E-state index contributed by atoms with van der Waals surface area (Å²) in [6, 6.07) is 6.92. The predicted octanol–water partition coefficient (Wildman–Crippen LogP) is 2.84. The highest BCUT2D eigenvalue weighted by molar-refractivity contribution is 7.99. The van der Waals surface area contributed by atoms with Crippen molar-refractivity contribution in [1.29, 1.82) is 0 Å². The number of halogens is 2. The molecule has 0 saturated heterocycles.